The van der Waals surface area contributed by atoms with Crippen LogP contribution in [0.5, 0.6) is 0 Å². The second kappa shape index (κ2) is 5.00. The van der Waals surface area contributed by atoms with Gasteiger partial charge in [-0.3, -0.25) is 9.59 Å². The molecule has 18 heavy (non-hydrogen) atoms. The lowest BCUT2D eigenvalue weighted by Crippen LogP contribution is -2.39. The minimum Gasteiger partial charge on any atom is -0.481 e. The largest absolute Gasteiger partial charge is 0.481 e. The van der Waals surface area contributed by atoms with E-state index in [1.165, 1.54) is 0 Å². The van der Waals surface area contributed by atoms with Crippen LogP contribution in [0.1, 0.15) is 12.8 Å². The molecule has 0 spiro atoms. The molecule has 0 bridgehead atoms. The highest BCUT2D eigenvalue weighted by Crippen LogP contribution is 2.30. The normalized spacial score (nSPS) is 23.2. The number of hydrogen-bond acceptors (Lipinski definition) is 2. The van der Waals surface area contributed by atoms with Gasteiger partial charge in [0.25, 0.3) is 0 Å². The first kappa shape index (κ1) is 12.3. The van der Waals surface area contributed by atoms with Gasteiger partial charge in [0.05, 0.1) is 11.8 Å². The van der Waals surface area contributed by atoms with Crippen LogP contribution in [0, 0.1) is 11.8 Å². The third-order valence-corrected chi connectivity index (χ3v) is 3.20. The van der Waals surface area contributed by atoms with E-state index in [9.17, 15) is 9.59 Å². The maximum atomic E-state index is 11.1. The van der Waals surface area contributed by atoms with Gasteiger partial charge in [-0.15, -0.1) is 0 Å². The second-order valence-electron chi connectivity index (χ2n) is 4.31. The summed E-state index contributed by atoms with van der Waals surface area (Å²) in [7, 11) is 0. The van der Waals surface area contributed by atoms with Crippen LogP contribution in [-0.4, -0.2) is 22.2 Å². The maximum absolute atomic E-state index is 11.1. The van der Waals surface area contributed by atoms with Gasteiger partial charge < -0.3 is 10.2 Å². The summed E-state index contributed by atoms with van der Waals surface area (Å²) in [6, 6.07) is 5.56. The smallest absolute Gasteiger partial charge is 0.307 e. The summed E-state index contributed by atoms with van der Waals surface area (Å²) in [5.74, 6) is -3.80. The molecule has 1 aliphatic carbocycles. The van der Waals surface area contributed by atoms with Gasteiger partial charge in [0.1, 0.15) is 0 Å². The first-order valence-corrected chi connectivity index (χ1v) is 5.71. The zero-order chi connectivity index (χ0) is 13.1. The molecule has 1 heterocycles. The minimum atomic E-state index is -1.05. The van der Waals surface area contributed by atoms with Gasteiger partial charge >= 0.3 is 11.9 Å². The molecule has 0 radical (unpaired) electrons. The Morgan fingerprint density at radius 1 is 1.06 bits per heavy atom. The van der Waals surface area contributed by atoms with Crippen LogP contribution in [0.2, 0.25) is 0 Å². The third-order valence-electron chi connectivity index (χ3n) is 3.20. The van der Waals surface area contributed by atoms with Crippen molar-refractivity contribution in [1.29, 1.82) is 0 Å². The maximum Gasteiger partial charge on any atom is 0.307 e. The number of allylic oxidation sites excluding steroid dienone is 2. The Hall–Kier alpha value is -2.17. The van der Waals surface area contributed by atoms with E-state index in [0.717, 1.165) is 5.70 Å². The Morgan fingerprint density at radius 3 is 2.22 bits per heavy atom. The van der Waals surface area contributed by atoms with Crippen molar-refractivity contribution in [3.63, 3.8) is 0 Å². The van der Waals surface area contributed by atoms with E-state index in [1.807, 2.05) is 35.2 Å². The molecule has 0 saturated carbocycles. The van der Waals surface area contributed by atoms with E-state index in [1.54, 1.807) is 6.08 Å². The average molecular weight is 248 g/mol. The molecule has 1 aromatic heterocycles. The van der Waals surface area contributed by atoms with Crippen molar-refractivity contribution in [1.82, 2.24) is 0 Å². The van der Waals surface area contributed by atoms with Crippen LogP contribution in [0.15, 0.2) is 36.7 Å². The molecule has 94 valence electrons. The third kappa shape index (κ3) is 2.40. The number of aliphatic carboxylic acids is 2. The summed E-state index contributed by atoms with van der Waals surface area (Å²) in [5.41, 5.74) is 0.834. The summed E-state index contributed by atoms with van der Waals surface area (Å²) >= 11 is 0. The number of rotatable bonds is 3. The van der Waals surface area contributed by atoms with Crippen LogP contribution in [0.4, 0.5) is 0 Å². The van der Waals surface area contributed by atoms with Gasteiger partial charge in [-0.05, 0) is 12.5 Å². The quantitative estimate of drug-likeness (QED) is 0.782. The van der Waals surface area contributed by atoms with Crippen LogP contribution in [0.3, 0.4) is 0 Å². The summed E-state index contributed by atoms with van der Waals surface area (Å²) in [6.07, 6.45) is 5.94. The van der Waals surface area contributed by atoms with Crippen molar-refractivity contribution in [2.45, 2.75) is 12.8 Å². The minimum absolute atomic E-state index is 0.237. The monoisotopic (exact) mass is 248 g/mol. The molecule has 0 saturated heterocycles. The number of pyridine rings is 1. The molecule has 2 rings (SSSR count). The van der Waals surface area contributed by atoms with Gasteiger partial charge in [-0.2, -0.15) is 4.57 Å². The molecule has 0 fully saturated rings. The van der Waals surface area contributed by atoms with Gasteiger partial charge in [0.15, 0.2) is 18.1 Å². The van der Waals surface area contributed by atoms with E-state index in [-0.39, 0.29) is 12.8 Å². The molecule has 5 nitrogen and oxygen atoms in total. The lowest BCUT2D eigenvalue weighted by Gasteiger charge is -2.22. The molecule has 1 aromatic rings. The van der Waals surface area contributed by atoms with Crippen LogP contribution < -0.4 is 4.57 Å². The van der Waals surface area contributed by atoms with E-state index < -0.39 is 23.8 Å². The Balaban J connectivity index is 2.27. The first-order chi connectivity index (χ1) is 8.59. The zero-order valence-electron chi connectivity index (χ0n) is 9.69. The predicted octanol–water partition coefficient (Wildman–Crippen LogP) is 1.01. The average Bonchev–Trinajstić information content (AvgIpc) is 2.39. The van der Waals surface area contributed by atoms with Crippen molar-refractivity contribution < 1.29 is 24.4 Å². The summed E-state index contributed by atoms with van der Waals surface area (Å²) in [4.78, 5) is 22.2. The topological polar surface area (TPSA) is 78.5 Å². The Labute approximate surface area is 104 Å². The molecule has 2 atom stereocenters. The van der Waals surface area contributed by atoms with Gasteiger partial charge in [0.2, 0.25) is 0 Å². The Kier molecular flexibility index (Phi) is 3.41. The fourth-order valence-corrected chi connectivity index (χ4v) is 2.21. The number of hydrogen-bond donors (Lipinski definition) is 2. The zero-order valence-corrected chi connectivity index (χ0v) is 9.69. The van der Waals surface area contributed by atoms with E-state index in [0.29, 0.717) is 0 Å². The van der Waals surface area contributed by atoms with Gasteiger partial charge in [-0.1, -0.05) is 6.07 Å². The summed E-state index contributed by atoms with van der Waals surface area (Å²) in [5, 5.41) is 18.1. The lowest BCUT2D eigenvalue weighted by atomic mass is 9.81. The highest BCUT2D eigenvalue weighted by Gasteiger charge is 2.38. The molecule has 0 unspecified atom stereocenters. The van der Waals surface area contributed by atoms with Crippen molar-refractivity contribution in [2.24, 2.45) is 11.8 Å². The fourth-order valence-electron chi connectivity index (χ4n) is 2.21. The van der Waals surface area contributed by atoms with E-state index >= 15 is 0 Å². The molecule has 0 aromatic carbocycles. The standard InChI is InChI=1S/C13H13NO4/c15-12(16)10-5-4-9(8-11(10)13(17)18)14-6-2-1-3-7-14/h1-4,6-7,10-11H,5,8H2,(H-,15,16,17,18)/p+1/t10-,11-/m1/s1. The first-order valence-electron chi connectivity index (χ1n) is 5.71. The molecular weight excluding hydrogens is 234 g/mol. The Morgan fingerprint density at radius 2 is 1.67 bits per heavy atom. The van der Waals surface area contributed by atoms with Crippen LogP contribution in [0.25, 0.3) is 5.70 Å². The molecule has 2 N–H and O–H groups in total. The van der Waals surface area contributed by atoms with E-state index in [4.69, 9.17) is 10.2 Å². The van der Waals surface area contributed by atoms with Crippen molar-refractivity contribution in [3.8, 4) is 0 Å². The van der Waals surface area contributed by atoms with Gasteiger partial charge in [0, 0.05) is 18.6 Å². The number of nitrogens with zero attached hydrogens (tertiary/aromatic N) is 1. The predicted molar refractivity (Wildman–Crippen MR) is 62.4 cm³/mol. The number of carboxylic acids is 2. The number of carboxylic acid groups (broad SMARTS) is 2. The fraction of sp³-hybridized carbons (Fsp3) is 0.308. The van der Waals surface area contributed by atoms with Gasteiger partial charge in [-0.25, -0.2) is 0 Å². The number of carbonyl (C=O) groups is 2. The van der Waals surface area contributed by atoms with Crippen LogP contribution >= 0.6 is 0 Å². The molecule has 5 heteroatoms. The summed E-state index contributed by atoms with van der Waals surface area (Å²) in [6.45, 7) is 0. The molecule has 0 aliphatic heterocycles. The van der Waals surface area contributed by atoms with Crippen molar-refractivity contribution >= 4 is 17.6 Å². The highest BCUT2D eigenvalue weighted by molar-refractivity contribution is 5.81. The molecule has 1 aliphatic rings. The Bertz CT molecular complexity index is 495. The second-order valence-corrected chi connectivity index (χ2v) is 4.31. The number of aromatic nitrogens is 1. The highest BCUT2D eigenvalue weighted by atomic mass is 16.4. The van der Waals surface area contributed by atoms with E-state index in [2.05, 4.69) is 0 Å². The van der Waals surface area contributed by atoms with Crippen molar-refractivity contribution in [2.75, 3.05) is 0 Å². The summed E-state index contributed by atoms with van der Waals surface area (Å²) < 4.78 is 1.83. The molecule has 0 amide bonds. The van der Waals surface area contributed by atoms with Crippen LogP contribution in [-0.2, 0) is 9.59 Å². The van der Waals surface area contributed by atoms with Crippen molar-refractivity contribution in [3.05, 3.63) is 36.7 Å². The SMILES string of the molecule is O=C(O)[C@@H]1CC=C([n+]2ccccc2)C[C@H]1C(=O)O. The lowest BCUT2D eigenvalue weighted by molar-refractivity contribution is -0.584. The molecular formula is C13H14NO4+.